The summed E-state index contributed by atoms with van der Waals surface area (Å²) < 4.78 is 0. The lowest BCUT2D eigenvalue weighted by Crippen LogP contribution is -2.69. The quantitative estimate of drug-likeness (QED) is 0.212. The average molecular weight is 418 g/mol. The maximum absolute atomic E-state index is 12.5. The van der Waals surface area contributed by atoms with E-state index < -0.39 is 24.4 Å². The number of nitrogens with zero attached hydrogens (tertiary/aromatic N) is 6. The molecule has 0 spiro atoms. The zero-order valence-corrected chi connectivity index (χ0v) is 16.4. The summed E-state index contributed by atoms with van der Waals surface area (Å²) >= 11 is 0. The van der Waals surface area contributed by atoms with Gasteiger partial charge < -0.3 is 0 Å². The predicted molar refractivity (Wildman–Crippen MR) is 101 cm³/mol. The summed E-state index contributed by atoms with van der Waals surface area (Å²) in [6.07, 6.45) is 7.76. The lowest BCUT2D eigenvalue weighted by Gasteiger charge is -2.43. The summed E-state index contributed by atoms with van der Waals surface area (Å²) in [4.78, 5) is 82.0. The summed E-state index contributed by atoms with van der Waals surface area (Å²) in [5.41, 5.74) is 0. The summed E-state index contributed by atoms with van der Waals surface area (Å²) in [6, 6.07) is -1.41. The normalized spacial score (nSPS) is 14.4. The molecule has 0 radical (unpaired) electrons. The van der Waals surface area contributed by atoms with Crippen molar-refractivity contribution in [2.24, 2.45) is 20.0 Å². The van der Waals surface area contributed by atoms with Crippen LogP contribution < -0.4 is 0 Å². The number of hydrogen-bond acceptors (Lipinski definition) is 10. The van der Waals surface area contributed by atoms with Gasteiger partial charge in [0.2, 0.25) is 24.3 Å². The van der Waals surface area contributed by atoms with E-state index in [0.29, 0.717) is 51.6 Å². The molecule has 0 saturated carbocycles. The summed E-state index contributed by atoms with van der Waals surface area (Å²) in [5.74, 6) is 0. The molecule has 30 heavy (non-hydrogen) atoms. The van der Waals surface area contributed by atoms with Crippen LogP contribution in [0.2, 0.25) is 0 Å². The van der Waals surface area contributed by atoms with Gasteiger partial charge in [-0.15, -0.1) is 0 Å². The van der Waals surface area contributed by atoms with Crippen molar-refractivity contribution in [1.29, 1.82) is 0 Å². The Labute approximate surface area is 172 Å². The molecule has 1 aliphatic heterocycles. The average Bonchev–Trinajstić information content (AvgIpc) is 2.73. The monoisotopic (exact) mass is 418 g/mol. The van der Waals surface area contributed by atoms with Crippen molar-refractivity contribution < 1.29 is 28.8 Å². The Morgan fingerprint density at radius 2 is 1.00 bits per heavy atom. The van der Waals surface area contributed by atoms with E-state index in [-0.39, 0.29) is 12.8 Å². The first-order chi connectivity index (χ1) is 14.6. The Balaban J connectivity index is 2.63. The first kappa shape index (κ1) is 24.5. The highest BCUT2D eigenvalue weighted by Gasteiger charge is 2.51. The van der Waals surface area contributed by atoms with Crippen molar-refractivity contribution in [3.05, 3.63) is 0 Å². The summed E-state index contributed by atoms with van der Waals surface area (Å²) in [5, 5.41) is 0. The Kier molecular flexibility index (Phi) is 11.8. The van der Waals surface area contributed by atoms with Crippen molar-refractivity contribution in [2.75, 3.05) is 13.1 Å². The van der Waals surface area contributed by atoms with Gasteiger partial charge >= 0.3 is 12.1 Å². The molecule has 0 N–H and O–H groups in total. The molecule has 4 amide bonds. The molecule has 1 saturated heterocycles. The molecular weight excluding hydrogens is 396 g/mol. The van der Waals surface area contributed by atoms with Crippen LogP contribution in [0.5, 0.6) is 0 Å². The molecule has 12 heteroatoms. The standard InChI is InChI=1S/C18H22N6O6/c25-11-19-9-5-1-3-7-15(21-13-27)23-17(29)24(18(23)30)16(22-14-28)8-4-2-6-10-20-12-26/h15-16H,1-10H2. The van der Waals surface area contributed by atoms with Gasteiger partial charge in [0.15, 0.2) is 0 Å². The van der Waals surface area contributed by atoms with Crippen molar-refractivity contribution >= 4 is 36.4 Å². The van der Waals surface area contributed by atoms with E-state index in [1.807, 2.05) is 0 Å². The summed E-state index contributed by atoms with van der Waals surface area (Å²) in [7, 11) is 0. The van der Waals surface area contributed by atoms with Crippen molar-refractivity contribution in [3.63, 3.8) is 0 Å². The zero-order chi connectivity index (χ0) is 22.2. The number of aliphatic imine (C=N–C) groups is 4. The number of amides is 4. The van der Waals surface area contributed by atoms with E-state index in [1.165, 1.54) is 24.3 Å². The molecule has 12 nitrogen and oxygen atoms in total. The molecule has 1 heterocycles. The minimum absolute atomic E-state index is 0.254. The van der Waals surface area contributed by atoms with E-state index >= 15 is 0 Å². The topological polar surface area (TPSA) is 158 Å². The number of carbonyl (C=O) groups is 2. The Hall–Kier alpha value is -3.54. The van der Waals surface area contributed by atoms with Gasteiger partial charge in [0.25, 0.3) is 0 Å². The van der Waals surface area contributed by atoms with E-state index in [2.05, 4.69) is 20.0 Å². The van der Waals surface area contributed by atoms with Gasteiger partial charge in [-0.05, 0) is 38.5 Å². The van der Waals surface area contributed by atoms with Gasteiger partial charge in [0, 0.05) is 0 Å². The molecule has 0 aliphatic carbocycles. The third-order valence-corrected chi connectivity index (χ3v) is 4.42. The molecule has 0 aromatic rings. The third-order valence-electron chi connectivity index (χ3n) is 4.42. The number of carbonyl (C=O) groups excluding carboxylic acids is 6. The van der Waals surface area contributed by atoms with Crippen LogP contribution in [0.15, 0.2) is 20.0 Å². The lowest BCUT2D eigenvalue weighted by atomic mass is 10.1. The summed E-state index contributed by atoms with van der Waals surface area (Å²) in [6.45, 7) is 0.653. The van der Waals surface area contributed by atoms with Gasteiger partial charge in [-0.1, -0.05) is 12.8 Å². The fourth-order valence-corrected chi connectivity index (χ4v) is 2.97. The number of isocyanates is 4. The molecule has 160 valence electrons. The molecule has 0 atom stereocenters. The van der Waals surface area contributed by atoms with Crippen LogP contribution in [-0.4, -0.2) is 71.6 Å². The zero-order valence-electron chi connectivity index (χ0n) is 16.4. The van der Waals surface area contributed by atoms with Gasteiger partial charge in [0.05, 0.1) is 13.1 Å². The second kappa shape index (κ2) is 14.5. The molecule has 1 aliphatic rings. The first-order valence-electron chi connectivity index (χ1n) is 9.50. The second-order valence-electron chi connectivity index (χ2n) is 6.35. The van der Waals surface area contributed by atoms with Crippen molar-refractivity contribution in [1.82, 2.24) is 9.80 Å². The van der Waals surface area contributed by atoms with Crippen LogP contribution in [0, 0.1) is 0 Å². The van der Waals surface area contributed by atoms with Crippen LogP contribution in [0.25, 0.3) is 0 Å². The SMILES string of the molecule is O=C=NCCCCCC(N=C=O)N1C(=O)N(C(CCCCCN=C=O)N=C=O)C1=O. The van der Waals surface area contributed by atoms with Gasteiger partial charge in [-0.2, -0.15) is 9.98 Å². The highest BCUT2D eigenvalue weighted by atomic mass is 16.2. The van der Waals surface area contributed by atoms with Gasteiger partial charge in [-0.3, -0.25) is 0 Å². The Morgan fingerprint density at radius 3 is 1.33 bits per heavy atom. The molecule has 0 bridgehead atoms. The predicted octanol–water partition coefficient (Wildman–Crippen LogP) is 1.96. The van der Waals surface area contributed by atoms with E-state index in [1.54, 1.807) is 0 Å². The largest absolute Gasteiger partial charge is 0.339 e. The first-order valence-corrected chi connectivity index (χ1v) is 9.50. The van der Waals surface area contributed by atoms with Gasteiger partial charge in [0.1, 0.15) is 12.3 Å². The molecule has 0 aromatic carbocycles. The molecule has 0 aromatic heterocycles. The maximum Gasteiger partial charge on any atom is 0.339 e. The fourth-order valence-electron chi connectivity index (χ4n) is 2.97. The minimum Gasteiger partial charge on any atom is -0.247 e. The maximum atomic E-state index is 12.5. The number of rotatable bonds is 16. The van der Waals surface area contributed by atoms with E-state index in [0.717, 1.165) is 9.80 Å². The van der Waals surface area contributed by atoms with Crippen LogP contribution >= 0.6 is 0 Å². The molecule has 1 fully saturated rings. The van der Waals surface area contributed by atoms with Crippen LogP contribution in [0.4, 0.5) is 9.59 Å². The molecular formula is C18H22N6O6. The van der Waals surface area contributed by atoms with Crippen LogP contribution in [-0.2, 0) is 19.2 Å². The lowest BCUT2D eigenvalue weighted by molar-refractivity contribution is 0.0694. The smallest absolute Gasteiger partial charge is 0.247 e. The number of unbranched alkanes of at least 4 members (excludes halogenated alkanes) is 4. The third kappa shape index (κ3) is 7.47. The number of urea groups is 2. The van der Waals surface area contributed by atoms with Gasteiger partial charge in [-0.25, -0.2) is 48.6 Å². The highest BCUT2D eigenvalue weighted by molar-refractivity contribution is 6.12. The highest BCUT2D eigenvalue weighted by Crippen LogP contribution is 2.28. The fraction of sp³-hybridized carbons (Fsp3) is 0.667. The van der Waals surface area contributed by atoms with Crippen LogP contribution in [0.1, 0.15) is 51.4 Å². The van der Waals surface area contributed by atoms with Crippen molar-refractivity contribution in [3.8, 4) is 0 Å². The number of hydrogen-bond donors (Lipinski definition) is 0. The van der Waals surface area contributed by atoms with E-state index in [4.69, 9.17) is 0 Å². The number of imide groups is 2. The molecule has 1 rings (SSSR count). The Morgan fingerprint density at radius 1 is 0.600 bits per heavy atom. The van der Waals surface area contributed by atoms with Crippen LogP contribution in [0.3, 0.4) is 0 Å². The molecule has 0 unspecified atom stereocenters. The second-order valence-corrected chi connectivity index (χ2v) is 6.35. The Bertz CT molecular complexity index is 713. The van der Waals surface area contributed by atoms with Crippen molar-refractivity contribution in [2.45, 2.75) is 63.7 Å². The minimum atomic E-state index is -0.990. The van der Waals surface area contributed by atoms with E-state index in [9.17, 15) is 28.8 Å².